The van der Waals surface area contributed by atoms with Gasteiger partial charge in [0.1, 0.15) is 11.4 Å². The second-order valence-electron chi connectivity index (χ2n) is 8.07. The maximum Gasteiger partial charge on any atom is 0.421 e. The molecule has 2 aliphatic rings. The first-order valence-corrected chi connectivity index (χ1v) is 10.4. The fourth-order valence-corrected chi connectivity index (χ4v) is 4.35. The highest BCUT2D eigenvalue weighted by molar-refractivity contribution is 5.78. The predicted octanol–water partition coefficient (Wildman–Crippen LogP) is 4.98. The van der Waals surface area contributed by atoms with E-state index in [9.17, 15) is 18.0 Å². The van der Waals surface area contributed by atoms with E-state index in [1.165, 1.54) is 0 Å². The number of anilines is 3. The first-order chi connectivity index (χ1) is 14.7. The Labute approximate surface area is 178 Å². The number of nitrogens with zero attached hydrogens (tertiary/aromatic N) is 3. The molecule has 1 saturated heterocycles. The summed E-state index contributed by atoms with van der Waals surface area (Å²) in [5, 5.41) is 8.61. The number of halogens is 3. The molecule has 0 radical (unpaired) electrons. The van der Waals surface area contributed by atoms with Crippen LogP contribution < -0.4 is 16.0 Å². The van der Waals surface area contributed by atoms with Gasteiger partial charge < -0.3 is 20.9 Å². The van der Waals surface area contributed by atoms with E-state index in [0.717, 1.165) is 30.2 Å². The Morgan fingerprint density at radius 2 is 1.94 bits per heavy atom. The summed E-state index contributed by atoms with van der Waals surface area (Å²) in [6, 6.07) is 5.76. The quantitative estimate of drug-likeness (QED) is 0.618. The van der Waals surface area contributed by atoms with Gasteiger partial charge in [-0.2, -0.15) is 18.2 Å². The normalized spacial score (nSPS) is 19.5. The molecular weight excluding hydrogens is 409 g/mol. The Bertz CT molecular complexity index is 994. The summed E-state index contributed by atoms with van der Waals surface area (Å²) in [6.07, 6.45) is -1.96. The zero-order chi connectivity index (χ0) is 22.3. The lowest BCUT2D eigenvalue weighted by Gasteiger charge is -2.24. The van der Waals surface area contributed by atoms with Crippen molar-refractivity contribution in [2.24, 2.45) is 0 Å². The van der Waals surface area contributed by atoms with Crippen LogP contribution in [-0.4, -0.2) is 33.5 Å². The van der Waals surface area contributed by atoms with Gasteiger partial charge in [-0.1, -0.05) is 6.07 Å². The summed E-state index contributed by atoms with van der Waals surface area (Å²) >= 11 is 0. The van der Waals surface area contributed by atoms with Crippen molar-refractivity contribution in [3.05, 3.63) is 41.1 Å². The molecule has 4 rings (SSSR count). The van der Waals surface area contributed by atoms with Crippen molar-refractivity contribution >= 4 is 23.5 Å². The third-order valence-electron chi connectivity index (χ3n) is 5.53. The van der Waals surface area contributed by atoms with Gasteiger partial charge in [-0.25, -0.2) is 9.78 Å². The molecule has 0 aliphatic carbocycles. The minimum absolute atomic E-state index is 0.00802. The lowest BCUT2D eigenvalue weighted by Crippen LogP contribution is -2.41. The van der Waals surface area contributed by atoms with E-state index >= 15 is 0 Å². The topological polar surface area (TPSA) is 82.2 Å². The molecule has 2 amide bonds. The van der Waals surface area contributed by atoms with Crippen molar-refractivity contribution in [3.8, 4) is 0 Å². The fourth-order valence-electron chi connectivity index (χ4n) is 4.35. The number of amides is 2. The molecule has 31 heavy (non-hydrogen) atoms. The standard InChI is InChI=1S/C21H25F3N6O/c1-4-25-18-15(21(22,23)24)10-26-19(29-18)28-12-5-6-13-14(9-12)17-8-7-16(13)30(17)20(31)27-11(2)3/h5-6,9-11,16-17H,4,7-8H2,1-3H3,(H,27,31)(H2,25,26,28,29)/t16-,17+/m1/s1. The van der Waals surface area contributed by atoms with Crippen molar-refractivity contribution in [3.63, 3.8) is 0 Å². The fraction of sp³-hybridized carbons (Fsp3) is 0.476. The Balaban J connectivity index is 1.58. The Morgan fingerprint density at radius 3 is 2.58 bits per heavy atom. The van der Waals surface area contributed by atoms with Gasteiger partial charge in [0.25, 0.3) is 0 Å². The molecule has 2 aliphatic heterocycles. The Morgan fingerprint density at radius 1 is 1.23 bits per heavy atom. The van der Waals surface area contributed by atoms with Crippen LogP contribution in [0.25, 0.3) is 0 Å². The molecule has 166 valence electrons. The summed E-state index contributed by atoms with van der Waals surface area (Å²) in [4.78, 5) is 22.4. The van der Waals surface area contributed by atoms with Crippen molar-refractivity contribution in [2.45, 2.75) is 57.9 Å². The summed E-state index contributed by atoms with van der Waals surface area (Å²) in [5.74, 6) is -0.189. The van der Waals surface area contributed by atoms with Crippen LogP contribution in [-0.2, 0) is 6.18 Å². The van der Waals surface area contributed by atoms with Crippen molar-refractivity contribution in [2.75, 3.05) is 17.2 Å². The van der Waals surface area contributed by atoms with Crippen LogP contribution in [0.15, 0.2) is 24.4 Å². The third kappa shape index (κ3) is 3.98. The molecule has 2 bridgehead atoms. The van der Waals surface area contributed by atoms with Gasteiger partial charge in [0.2, 0.25) is 5.95 Å². The van der Waals surface area contributed by atoms with E-state index in [1.807, 2.05) is 36.9 Å². The van der Waals surface area contributed by atoms with Gasteiger partial charge in [-0.05, 0) is 56.9 Å². The van der Waals surface area contributed by atoms with Gasteiger partial charge in [0.15, 0.2) is 0 Å². The van der Waals surface area contributed by atoms with Crippen LogP contribution in [0.5, 0.6) is 0 Å². The van der Waals surface area contributed by atoms with Crippen LogP contribution in [0.1, 0.15) is 62.4 Å². The van der Waals surface area contributed by atoms with Gasteiger partial charge in [-0.3, -0.25) is 0 Å². The van der Waals surface area contributed by atoms with E-state index in [4.69, 9.17) is 0 Å². The third-order valence-corrected chi connectivity index (χ3v) is 5.53. The van der Waals surface area contributed by atoms with E-state index in [1.54, 1.807) is 6.92 Å². The maximum atomic E-state index is 13.2. The summed E-state index contributed by atoms with van der Waals surface area (Å²) in [5.41, 5.74) is 1.93. The largest absolute Gasteiger partial charge is 0.421 e. The highest BCUT2D eigenvalue weighted by Crippen LogP contribution is 2.53. The molecule has 1 aromatic heterocycles. The van der Waals surface area contributed by atoms with Crippen molar-refractivity contribution in [1.29, 1.82) is 0 Å². The van der Waals surface area contributed by atoms with Crippen LogP contribution >= 0.6 is 0 Å². The summed E-state index contributed by atoms with van der Waals surface area (Å²) < 4.78 is 39.5. The predicted molar refractivity (Wildman–Crippen MR) is 111 cm³/mol. The molecule has 3 heterocycles. The molecule has 2 aromatic rings. The number of alkyl halides is 3. The number of nitrogens with one attached hydrogen (secondary N) is 3. The van der Waals surface area contributed by atoms with E-state index in [2.05, 4.69) is 25.9 Å². The van der Waals surface area contributed by atoms with E-state index < -0.39 is 11.7 Å². The molecular formula is C21H25F3N6O. The summed E-state index contributed by atoms with van der Waals surface area (Å²) in [6.45, 7) is 5.86. The highest BCUT2D eigenvalue weighted by Gasteiger charge is 2.46. The Hall–Kier alpha value is -3.04. The zero-order valence-electron chi connectivity index (χ0n) is 17.5. The minimum Gasteiger partial charge on any atom is -0.370 e. The number of hydrogen-bond donors (Lipinski definition) is 3. The number of carbonyl (C=O) groups excluding carboxylic acids is 1. The number of urea groups is 1. The molecule has 3 N–H and O–H groups in total. The molecule has 2 atom stereocenters. The van der Waals surface area contributed by atoms with Gasteiger partial charge in [0, 0.05) is 24.5 Å². The molecule has 1 aromatic carbocycles. The lowest BCUT2D eigenvalue weighted by molar-refractivity contribution is -0.137. The first kappa shape index (κ1) is 21.2. The number of benzene rings is 1. The highest BCUT2D eigenvalue weighted by atomic mass is 19.4. The number of aromatic nitrogens is 2. The SMILES string of the molecule is CCNc1nc(Nc2ccc3c(c2)[C@@H]2CC[C@H]3N2C(=O)NC(C)C)ncc1C(F)(F)F. The monoisotopic (exact) mass is 434 g/mol. The second-order valence-corrected chi connectivity index (χ2v) is 8.07. The van der Waals surface area contributed by atoms with Crippen molar-refractivity contribution in [1.82, 2.24) is 20.2 Å². The number of rotatable bonds is 5. The van der Waals surface area contributed by atoms with E-state index in [-0.39, 0.29) is 35.9 Å². The molecule has 7 nitrogen and oxygen atoms in total. The number of carbonyl (C=O) groups is 1. The van der Waals surface area contributed by atoms with Crippen LogP contribution in [0.2, 0.25) is 0 Å². The minimum atomic E-state index is -4.54. The van der Waals surface area contributed by atoms with Crippen molar-refractivity contribution < 1.29 is 18.0 Å². The number of fused-ring (bicyclic) bond motifs is 5. The van der Waals surface area contributed by atoms with Crippen LogP contribution in [0.3, 0.4) is 0 Å². The van der Waals surface area contributed by atoms with Gasteiger partial charge >= 0.3 is 12.2 Å². The molecule has 0 spiro atoms. The smallest absolute Gasteiger partial charge is 0.370 e. The first-order valence-electron chi connectivity index (χ1n) is 10.4. The average molecular weight is 434 g/mol. The van der Waals surface area contributed by atoms with Gasteiger partial charge in [-0.15, -0.1) is 0 Å². The maximum absolute atomic E-state index is 13.2. The average Bonchev–Trinajstić information content (AvgIpc) is 3.24. The zero-order valence-corrected chi connectivity index (χ0v) is 17.5. The molecule has 1 fully saturated rings. The lowest BCUT2D eigenvalue weighted by atomic mass is 9.91. The van der Waals surface area contributed by atoms with Crippen LogP contribution in [0, 0.1) is 0 Å². The molecule has 0 unspecified atom stereocenters. The summed E-state index contributed by atoms with van der Waals surface area (Å²) in [7, 11) is 0. The van der Waals surface area contributed by atoms with Crippen LogP contribution in [0.4, 0.5) is 35.4 Å². The van der Waals surface area contributed by atoms with Gasteiger partial charge in [0.05, 0.1) is 12.1 Å². The number of hydrogen-bond acceptors (Lipinski definition) is 5. The Kier molecular flexibility index (Phi) is 5.40. The molecule has 10 heteroatoms. The second kappa shape index (κ2) is 7.90. The van der Waals surface area contributed by atoms with E-state index in [0.29, 0.717) is 12.2 Å². The molecule has 0 saturated carbocycles.